The maximum absolute atomic E-state index is 13.5. The minimum absolute atomic E-state index is 0.0619. The van der Waals surface area contributed by atoms with Crippen LogP contribution in [0.25, 0.3) is 0 Å². The van der Waals surface area contributed by atoms with Crippen molar-refractivity contribution in [3.63, 3.8) is 0 Å². The molecule has 2 aliphatic rings. The summed E-state index contributed by atoms with van der Waals surface area (Å²) in [5.74, 6) is 0.489. The molecule has 1 atom stereocenters. The van der Waals surface area contributed by atoms with E-state index in [1.54, 1.807) is 6.07 Å². The summed E-state index contributed by atoms with van der Waals surface area (Å²) in [6, 6.07) is 23.7. The van der Waals surface area contributed by atoms with Crippen LogP contribution in [0.2, 0.25) is 0 Å². The smallest absolute Gasteiger partial charge is 0.323 e. The van der Waals surface area contributed by atoms with E-state index in [1.165, 1.54) is 5.56 Å². The molecule has 5 rings (SSSR count). The van der Waals surface area contributed by atoms with E-state index < -0.39 is 0 Å². The van der Waals surface area contributed by atoms with E-state index in [4.69, 9.17) is 4.74 Å². The topological polar surface area (TPSA) is 82.7 Å². The standard InChI is InChI=1S/C33H40N4O3/c1-2-26-11-6-7-13-30(26)36-33(39)35-27-14-15-31(29(22-27)32(38)34-23-28-12-8-20-40-28)37-18-16-25(17-19-37)21-24-9-4-3-5-10-24/h3-7,9-11,13-15,22,25,28H,2,8,12,16-21,23H2,1H3,(H,34,38)(H2,35,36,39). The molecule has 0 aliphatic carbocycles. The molecule has 0 bridgehead atoms. The second-order valence-corrected chi connectivity index (χ2v) is 10.8. The van der Waals surface area contributed by atoms with Gasteiger partial charge in [0.25, 0.3) is 5.91 Å². The van der Waals surface area contributed by atoms with Crippen LogP contribution in [0.15, 0.2) is 72.8 Å². The fourth-order valence-electron chi connectivity index (χ4n) is 5.74. The number of carbonyl (C=O) groups is 2. The lowest BCUT2D eigenvalue weighted by molar-refractivity contribution is 0.0858. The van der Waals surface area contributed by atoms with E-state index >= 15 is 0 Å². The third-order valence-corrected chi connectivity index (χ3v) is 7.98. The average Bonchev–Trinajstić information content (AvgIpc) is 3.51. The number of aryl methyl sites for hydroxylation is 1. The fourth-order valence-corrected chi connectivity index (χ4v) is 5.74. The van der Waals surface area contributed by atoms with E-state index in [2.05, 4.69) is 58.1 Å². The number of ether oxygens (including phenoxy) is 1. The third kappa shape index (κ3) is 7.21. The molecule has 7 nitrogen and oxygen atoms in total. The second kappa shape index (κ2) is 13.5. The van der Waals surface area contributed by atoms with Crippen molar-refractivity contribution in [3.8, 4) is 0 Å². The number of benzene rings is 3. The SMILES string of the molecule is CCc1ccccc1NC(=O)Nc1ccc(N2CCC(Cc3ccccc3)CC2)c(C(=O)NCC2CCCO2)c1. The third-order valence-electron chi connectivity index (χ3n) is 7.98. The lowest BCUT2D eigenvalue weighted by Gasteiger charge is -2.35. The fraction of sp³-hybridized carbons (Fsp3) is 0.394. The lowest BCUT2D eigenvalue weighted by atomic mass is 9.89. The van der Waals surface area contributed by atoms with E-state index in [9.17, 15) is 9.59 Å². The van der Waals surface area contributed by atoms with Gasteiger partial charge in [-0.2, -0.15) is 0 Å². The Labute approximate surface area is 237 Å². The Hall–Kier alpha value is -3.84. The van der Waals surface area contributed by atoms with Crippen molar-refractivity contribution in [1.82, 2.24) is 5.32 Å². The Morgan fingerprint density at radius 1 is 0.925 bits per heavy atom. The number of urea groups is 1. The average molecular weight is 541 g/mol. The van der Waals surface area contributed by atoms with Crippen LogP contribution in [-0.4, -0.2) is 44.3 Å². The molecule has 2 fully saturated rings. The normalized spacial score (nSPS) is 17.4. The van der Waals surface area contributed by atoms with Crippen molar-refractivity contribution >= 4 is 29.0 Å². The van der Waals surface area contributed by atoms with Gasteiger partial charge in [-0.15, -0.1) is 0 Å². The van der Waals surface area contributed by atoms with Crippen molar-refractivity contribution in [2.45, 2.75) is 51.6 Å². The number of hydrogen-bond acceptors (Lipinski definition) is 4. The minimum atomic E-state index is -0.332. The van der Waals surface area contributed by atoms with E-state index in [0.29, 0.717) is 23.7 Å². The Morgan fingerprint density at radius 2 is 1.70 bits per heavy atom. The highest BCUT2D eigenvalue weighted by atomic mass is 16.5. The highest BCUT2D eigenvalue weighted by Gasteiger charge is 2.25. The molecule has 2 heterocycles. The van der Waals surface area contributed by atoms with Crippen molar-refractivity contribution in [2.75, 3.05) is 41.8 Å². The number of anilines is 3. The van der Waals surface area contributed by atoms with Crippen molar-refractivity contribution < 1.29 is 14.3 Å². The molecule has 3 amide bonds. The molecule has 3 aromatic carbocycles. The van der Waals surface area contributed by atoms with Crippen LogP contribution in [0.3, 0.4) is 0 Å². The Balaban J connectivity index is 1.28. The summed E-state index contributed by atoms with van der Waals surface area (Å²) in [5.41, 5.74) is 5.29. The molecular weight excluding hydrogens is 500 g/mol. The van der Waals surface area contributed by atoms with Gasteiger partial charge in [-0.1, -0.05) is 55.5 Å². The summed E-state index contributed by atoms with van der Waals surface area (Å²) in [6.07, 6.45) is 6.11. The van der Waals surface area contributed by atoms with Gasteiger partial charge in [0.15, 0.2) is 0 Å². The number of para-hydroxylation sites is 1. The van der Waals surface area contributed by atoms with Gasteiger partial charge in [-0.25, -0.2) is 4.79 Å². The van der Waals surface area contributed by atoms with Gasteiger partial charge in [0.05, 0.1) is 11.7 Å². The van der Waals surface area contributed by atoms with Gasteiger partial charge in [0.2, 0.25) is 0 Å². The monoisotopic (exact) mass is 540 g/mol. The van der Waals surface area contributed by atoms with E-state index in [0.717, 1.165) is 75.2 Å². The lowest BCUT2D eigenvalue weighted by Crippen LogP contribution is -2.37. The zero-order valence-electron chi connectivity index (χ0n) is 23.3. The quantitative estimate of drug-likeness (QED) is 0.299. The summed E-state index contributed by atoms with van der Waals surface area (Å²) in [5, 5.41) is 8.95. The number of piperidine rings is 1. The summed E-state index contributed by atoms with van der Waals surface area (Å²) < 4.78 is 5.71. The van der Waals surface area contributed by atoms with Crippen molar-refractivity contribution in [2.24, 2.45) is 5.92 Å². The Morgan fingerprint density at radius 3 is 2.45 bits per heavy atom. The molecule has 1 unspecified atom stereocenters. The first kappa shape index (κ1) is 27.7. The molecule has 3 N–H and O–H groups in total. The highest BCUT2D eigenvalue weighted by molar-refractivity contribution is 6.04. The molecule has 0 aromatic heterocycles. The number of nitrogens with one attached hydrogen (secondary N) is 3. The predicted molar refractivity (Wildman–Crippen MR) is 161 cm³/mol. The van der Waals surface area contributed by atoms with Crippen LogP contribution in [0.1, 0.15) is 54.1 Å². The second-order valence-electron chi connectivity index (χ2n) is 10.8. The van der Waals surface area contributed by atoms with Crippen molar-refractivity contribution in [1.29, 1.82) is 0 Å². The van der Waals surface area contributed by atoms with Crippen LogP contribution < -0.4 is 20.9 Å². The minimum Gasteiger partial charge on any atom is -0.376 e. The molecule has 3 aromatic rings. The maximum atomic E-state index is 13.5. The molecule has 7 heteroatoms. The van der Waals surface area contributed by atoms with Gasteiger partial charge < -0.3 is 25.6 Å². The zero-order chi connectivity index (χ0) is 27.7. The first-order chi connectivity index (χ1) is 19.6. The van der Waals surface area contributed by atoms with Crippen LogP contribution in [0, 0.1) is 5.92 Å². The van der Waals surface area contributed by atoms with Gasteiger partial charge in [0, 0.05) is 43.3 Å². The van der Waals surface area contributed by atoms with Crippen molar-refractivity contribution in [3.05, 3.63) is 89.5 Å². The van der Waals surface area contributed by atoms with Gasteiger partial charge in [-0.05, 0) is 79.8 Å². The van der Waals surface area contributed by atoms with E-state index in [1.807, 2.05) is 36.4 Å². The molecule has 0 radical (unpaired) electrons. The molecule has 40 heavy (non-hydrogen) atoms. The van der Waals surface area contributed by atoms with Crippen LogP contribution in [0.5, 0.6) is 0 Å². The zero-order valence-corrected chi connectivity index (χ0v) is 23.3. The van der Waals surface area contributed by atoms with Gasteiger partial charge in [-0.3, -0.25) is 4.79 Å². The van der Waals surface area contributed by atoms with Crippen LogP contribution in [-0.2, 0) is 17.6 Å². The summed E-state index contributed by atoms with van der Waals surface area (Å²) in [4.78, 5) is 28.6. The molecule has 0 spiro atoms. The first-order valence-electron chi connectivity index (χ1n) is 14.6. The summed E-state index contributed by atoms with van der Waals surface area (Å²) in [7, 11) is 0. The van der Waals surface area contributed by atoms with E-state index in [-0.39, 0.29) is 18.0 Å². The molecule has 0 saturated carbocycles. The van der Waals surface area contributed by atoms with Crippen LogP contribution in [0.4, 0.5) is 21.9 Å². The summed E-state index contributed by atoms with van der Waals surface area (Å²) in [6.45, 7) is 5.08. The number of hydrogen-bond donors (Lipinski definition) is 3. The number of amides is 3. The van der Waals surface area contributed by atoms with Crippen LogP contribution >= 0.6 is 0 Å². The molecular formula is C33H40N4O3. The molecule has 2 aliphatic heterocycles. The Bertz CT molecular complexity index is 1280. The molecule has 210 valence electrons. The number of nitrogens with zero attached hydrogens (tertiary/aromatic N) is 1. The van der Waals surface area contributed by atoms with Gasteiger partial charge in [0.1, 0.15) is 0 Å². The first-order valence-corrected chi connectivity index (χ1v) is 14.6. The number of carbonyl (C=O) groups excluding carboxylic acids is 2. The highest BCUT2D eigenvalue weighted by Crippen LogP contribution is 2.30. The summed E-state index contributed by atoms with van der Waals surface area (Å²) >= 11 is 0. The largest absolute Gasteiger partial charge is 0.376 e. The molecule has 2 saturated heterocycles. The number of rotatable bonds is 9. The van der Waals surface area contributed by atoms with Gasteiger partial charge >= 0.3 is 6.03 Å². The maximum Gasteiger partial charge on any atom is 0.323 e. The Kier molecular flexibility index (Phi) is 9.34. The predicted octanol–water partition coefficient (Wildman–Crippen LogP) is 6.26.